The van der Waals surface area contributed by atoms with Gasteiger partial charge in [0, 0.05) is 18.6 Å². The first-order valence-corrected chi connectivity index (χ1v) is 7.13. The van der Waals surface area contributed by atoms with E-state index in [0.717, 1.165) is 23.9 Å². The monoisotopic (exact) mass is 224 g/mol. The van der Waals surface area contributed by atoms with Crippen molar-refractivity contribution in [2.45, 2.75) is 58.0 Å². The molecule has 1 aliphatic carbocycles. The second-order valence-electron chi connectivity index (χ2n) is 6.03. The molecule has 1 N–H and O–H groups in total. The summed E-state index contributed by atoms with van der Waals surface area (Å²) in [4.78, 5) is 2.77. The summed E-state index contributed by atoms with van der Waals surface area (Å²) < 4.78 is 0. The molecule has 2 rings (SSSR count). The van der Waals surface area contributed by atoms with E-state index in [1.165, 1.54) is 45.2 Å². The lowest BCUT2D eigenvalue weighted by molar-refractivity contribution is 0.168. The van der Waals surface area contributed by atoms with Crippen LogP contribution in [0.5, 0.6) is 0 Å². The fourth-order valence-electron chi connectivity index (χ4n) is 3.77. The molecule has 3 atom stereocenters. The van der Waals surface area contributed by atoms with Crippen molar-refractivity contribution in [2.75, 3.05) is 20.1 Å². The van der Waals surface area contributed by atoms with Gasteiger partial charge in [0.1, 0.15) is 0 Å². The van der Waals surface area contributed by atoms with Crippen LogP contribution in [0.1, 0.15) is 46.0 Å². The molecule has 94 valence electrons. The molecule has 2 aliphatic rings. The highest BCUT2D eigenvalue weighted by Crippen LogP contribution is 2.30. The molecule has 3 unspecified atom stereocenters. The van der Waals surface area contributed by atoms with E-state index in [0.29, 0.717) is 0 Å². The van der Waals surface area contributed by atoms with Crippen LogP contribution >= 0.6 is 0 Å². The van der Waals surface area contributed by atoms with Crippen molar-refractivity contribution in [3.8, 4) is 0 Å². The Morgan fingerprint density at radius 1 is 1.19 bits per heavy atom. The van der Waals surface area contributed by atoms with Crippen LogP contribution < -0.4 is 5.32 Å². The first-order chi connectivity index (χ1) is 7.72. The molecule has 1 aliphatic heterocycles. The van der Waals surface area contributed by atoms with Crippen LogP contribution in [0.15, 0.2) is 0 Å². The molecule has 0 aromatic carbocycles. The van der Waals surface area contributed by atoms with Crippen LogP contribution in [0.4, 0.5) is 0 Å². The minimum Gasteiger partial charge on any atom is -0.317 e. The molecule has 1 heterocycles. The molecule has 1 saturated heterocycles. The van der Waals surface area contributed by atoms with E-state index in [2.05, 4.69) is 31.1 Å². The Bertz CT molecular complexity index is 215. The Balaban J connectivity index is 1.88. The van der Waals surface area contributed by atoms with E-state index in [4.69, 9.17) is 0 Å². The lowest BCUT2D eigenvalue weighted by atomic mass is 9.99. The van der Waals surface area contributed by atoms with E-state index in [1.807, 2.05) is 0 Å². The molecule has 0 aromatic heterocycles. The Labute approximate surface area is 101 Å². The van der Waals surface area contributed by atoms with E-state index >= 15 is 0 Å². The molecule has 2 heteroatoms. The van der Waals surface area contributed by atoms with Crippen molar-refractivity contribution in [3.63, 3.8) is 0 Å². The molecular formula is C14H28N2. The number of rotatable bonds is 4. The topological polar surface area (TPSA) is 15.3 Å². The number of nitrogens with zero attached hydrogens (tertiary/aromatic N) is 1. The average Bonchev–Trinajstić information content (AvgIpc) is 2.86. The van der Waals surface area contributed by atoms with Gasteiger partial charge in [-0.2, -0.15) is 0 Å². The van der Waals surface area contributed by atoms with E-state index in [9.17, 15) is 0 Å². The van der Waals surface area contributed by atoms with Crippen LogP contribution in [0, 0.1) is 11.8 Å². The van der Waals surface area contributed by atoms with Crippen molar-refractivity contribution in [1.82, 2.24) is 10.2 Å². The molecule has 0 radical (unpaired) electrons. The van der Waals surface area contributed by atoms with Crippen molar-refractivity contribution in [3.05, 3.63) is 0 Å². The van der Waals surface area contributed by atoms with E-state index in [-0.39, 0.29) is 0 Å². The lowest BCUT2D eigenvalue weighted by Gasteiger charge is -2.31. The van der Waals surface area contributed by atoms with Crippen LogP contribution in [0.25, 0.3) is 0 Å². The average molecular weight is 224 g/mol. The molecule has 0 bridgehead atoms. The third kappa shape index (κ3) is 2.60. The molecule has 0 aromatic rings. The fourth-order valence-corrected chi connectivity index (χ4v) is 3.77. The Morgan fingerprint density at radius 3 is 2.69 bits per heavy atom. The highest BCUT2D eigenvalue weighted by atomic mass is 15.2. The van der Waals surface area contributed by atoms with Gasteiger partial charge < -0.3 is 5.32 Å². The highest BCUT2D eigenvalue weighted by molar-refractivity contribution is 4.89. The summed E-state index contributed by atoms with van der Waals surface area (Å²) in [5.74, 6) is 1.74. The fraction of sp³-hybridized carbons (Fsp3) is 1.00. The van der Waals surface area contributed by atoms with Crippen molar-refractivity contribution in [1.29, 1.82) is 0 Å². The van der Waals surface area contributed by atoms with Gasteiger partial charge in [-0.05, 0) is 51.1 Å². The minimum atomic E-state index is 0.786. The summed E-state index contributed by atoms with van der Waals surface area (Å²) in [6, 6.07) is 1.64. The molecule has 0 amide bonds. The van der Waals surface area contributed by atoms with Crippen LogP contribution in [-0.2, 0) is 0 Å². The van der Waals surface area contributed by atoms with Gasteiger partial charge in [0.15, 0.2) is 0 Å². The minimum absolute atomic E-state index is 0.786. The lowest BCUT2D eigenvalue weighted by Crippen LogP contribution is -2.41. The zero-order valence-electron chi connectivity index (χ0n) is 11.2. The third-order valence-electron chi connectivity index (χ3n) is 4.68. The molecule has 1 saturated carbocycles. The van der Waals surface area contributed by atoms with Crippen molar-refractivity contribution < 1.29 is 0 Å². The maximum atomic E-state index is 3.51. The van der Waals surface area contributed by atoms with E-state index in [1.54, 1.807) is 0 Å². The maximum absolute atomic E-state index is 3.51. The van der Waals surface area contributed by atoms with Gasteiger partial charge >= 0.3 is 0 Å². The summed E-state index contributed by atoms with van der Waals surface area (Å²) in [6.45, 7) is 7.45. The summed E-state index contributed by atoms with van der Waals surface area (Å²) in [5, 5.41) is 3.51. The smallest absolute Gasteiger partial charge is 0.0119 e. The molecule has 0 spiro atoms. The predicted molar refractivity (Wildman–Crippen MR) is 69.6 cm³/mol. The molecule has 2 fully saturated rings. The first-order valence-electron chi connectivity index (χ1n) is 7.13. The van der Waals surface area contributed by atoms with Crippen LogP contribution in [0.3, 0.4) is 0 Å². The largest absolute Gasteiger partial charge is 0.317 e. The summed E-state index contributed by atoms with van der Waals surface area (Å²) >= 11 is 0. The molecule has 16 heavy (non-hydrogen) atoms. The van der Waals surface area contributed by atoms with Crippen molar-refractivity contribution in [2.24, 2.45) is 11.8 Å². The second-order valence-corrected chi connectivity index (χ2v) is 6.03. The number of hydrogen-bond donors (Lipinski definition) is 1. The Hall–Kier alpha value is -0.0800. The van der Waals surface area contributed by atoms with Gasteiger partial charge in [-0.3, -0.25) is 4.90 Å². The Kier molecular flexibility index (Phi) is 4.26. The van der Waals surface area contributed by atoms with Gasteiger partial charge in [0.2, 0.25) is 0 Å². The van der Waals surface area contributed by atoms with Crippen LogP contribution in [-0.4, -0.2) is 37.1 Å². The molecule has 2 nitrogen and oxygen atoms in total. The van der Waals surface area contributed by atoms with Crippen LogP contribution in [0.2, 0.25) is 0 Å². The highest BCUT2D eigenvalue weighted by Gasteiger charge is 2.33. The van der Waals surface area contributed by atoms with Gasteiger partial charge in [-0.25, -0.2) is 0 Å². The quantitative estimate of drug-likeness (QED) is 0.789. The zero-order chi connectivity index (χ0) is 11.5. The number of likely N-dealkylation sites (tertiary alicyclic amines) is 1. The summed E-state index contributed by atoms with van der Waals surface area (Å²) in [6.07, 6.45) is 7.10. The number of nitrogens with one attached hydrogen (secondary N) is 1. The Morgan fingerprint density at radius 2 is 2.00 bits per heavy atom. The van der Waals surface area contributed by atoms with Gasteiger partial charge in [0.05, 0.1) is 0 Å². The normalized spacial score (nSPS) is 36.4. The number of hydrogen-bond acceptors (Lipinski definition) is 2. The first kappa shape index (κ1) is 12.4. The van der Waals surface area contributed by atoms with E-state index < -0.39 is 0 Å². The zero-order valence-corrected chi connectivity index (χ0v) is 11.2. The predicted octanol–water partition coefficient (Wildman–Crippen LogP) is 2.49. The summed E-state index contributed by atoms with van der Waals surface area (Å²) in [5.41, 5.74) is 0. The SMILES string of the molecule is CNC1CCCC1CN1CCCC1C(C)C. The van der Waals surface area contributed by atoms with Gasteiger partial charge in [-0.1, -0.05) is 20.3 Å². The summed E-state index contributed by atoms with van der Waals surface area (Å²) in [7, 11) is 2.13. The molecular weight excluding hydrogens is 196 g/mol. The third-order valence-corrected chi connectivity index (χ3v) is 4.68. The standard InChI is InChI=1S/C14H28N2/c1-11(2)14-8-5-9-16(14)10-12-6-4-7-13(12)15-3/h11-15H,4-10H2,1-3H3. The van der Waals surface area contributed by atoms with Gasteiger partial charge in [0.25, 0.3) is 0 Å². The van der Waals surface area contributed by atoms with Crippen molar-refractivity contribution >= 4 is 0 Å². The second kappa shape index (κ2) is 5.50. The maximum Gasteiger partial charge on any atom is 0.0119 e. The van der Waals surface area contributed by atoms with Gasteiger partial charge in [-0.15, -0.1) is 0 Å².